The number of methoxy groups -OCH3 is 1. The number of hydrogen-bond acceptors (Lipinski definition) is 5. The minimum Gasteiger partial charge on any atom is -0.497 e. The second-order valence-corrected chi connectivity index (χ2v) is 6.79. The summed E-state index contributed by atoms with van der Waals surface area (Å²) in [6, 6.07) is 7.73. The highest BCUT2D eigenvalue weighted by Crippen LogP contribution is 2.28. The molecule has 1 N–H and O–H groups in total. The fraction of sp³-hybridized carbons (Fsp3) is 0.267. The van der Waals surface area contributed by atoms with Crippen LogP contribution in [0.5, 0.6) is 5.75 Å². The van der Waals surface area contributed by atoms with Gasteiger partial charge in [0.15, 0.2) is 0 Å². The van der Waals surface area contributed by atoms with Crippen molar-refractivity contribution in [3.8, 4) is 17.0 Å². The van der Waals surface area contributed by atoms with Crippen molar-refractivity contribution in [3.05, 3.63) is 29.6 Å². The predicted octanol–water partition coefficient (Wildman–Crippen LogP) is 3.58. The highest BCUT2D eigenvalue weighted by Gasteiger charge is 2.17. The van der Waals surface area contributed by atoms with Crippen LogP contribution in [-0.2, 0) is 4.79 Å². The summed E-state index contributed by atoms with van der Waals surface area (Å²) < 4.78 is 6.98. The normalized spacial score (nSPS) is 12.3. The Morgan fingerprint density at radius 2 is 2.35 bits per heavy atom. The SMILES string of the molecule is CCC(Br)C(=O)Nc1nc2scc(-c3cccc(OC)c3)n2n1. The van der Waals surface area contributed by atoms with Gasteiger partial charge in [-0.05, 0) is 18.6 Å². The molecule has 1 aromatic carbocycles. The van der Waals surface area contributed by atoms with Gasteiger partial charge in [-0.15, -0.1) is 16.4 Å². The summed E-state index contributed by atoms with van der Waals surface area (Å²) >= 11 is 4.79. The first-order valence-corrected chi connectivity index (χ1v) is 8.85. The lowest BCUT2D eigenvalue weighted by molar-refractivity contribution is -0.115. The Morgan fingerprint density at radius 1 is 1.52 bits per heavy atom. The summed E-state index contributed by atoms with van der Waals surface area (Å²) in [5, 5.41) is 9.09. The third kappa shape index (κ3) is 3.23. The number of nitrogens with zero attached hydrogens (tertiary/aromatic N) is 3. The standard InChI is InChI=1S/C15H15BrN4O2S/c1-3-11(16)13(21)17-14-18-15-20(19-14)12(8-23-15)9-5-4-6-10(7-9)22-2/h4-8,11H,3H2,1-2H3,(H,17,19,21). The maximum absolute atomic E-state index is 11.9. The minimum atomic E-state index is -0.248. The molecule has 1 unspecified atom stereocenters. The third-order valence-electron chi connectivity index (χ3n) is 3.33. The average Bonchev–Trinajstić information content (AvgIpc) is 3.13. The summed E-state index contributed by atoms with van der Waals surface area (Å²) in [6.45, 7) is 1.93. The first-order valence-electron chi connectivity index (χ1n) is 7.06. The van der Waals surface area contributed by atoms with Crippen LogP contribution in [0.4, 0.5) is 5.95 Å². The molecule has 0 aliphatic carbocycles. The zero-order valence-corrected chi connectivity index (χ0v) is 15.0. The first kappa shape index (κ1) is 15.9. The number of hydrogen-bond donors (Lipinski definition) is 1. The van der Waals surface area contributed by atoms with Crippen LogP contribution in [0, 0.1) is 0 Å². The van der Waals surface area contributed by atoms with Gasteiger partial charge in [-0.25, -0.2) is 4.52 Å². The average molecular weight is 395 g/mol. The van der Waals surface area contributed by atoms with Gasteiger partial charge < -0.3 is 4.74 Å². The van der Waals surface area contributed by atoms with Gasteiger partial charge in [0.25, 0.3) is 0 Å². The van der Waals surface area contributed by atoms with Crippen LogP contribution in [-0.4, -0.2) is 32.4 Å². The van der Waals surface area contributed by atoms with E-state index in [4.69, 9.17) is 4.74 Å². The van der Waals surface area contributed by atoms with Crippen LogP contribution in [0.3, 0.4) is 0 Å². The maximum atomic E-state index is 11.9. The fourth-order valence-electron chi connectivity index (χ4n) is 2.09. The Balaban J connectivity index is 1.93. The quantitative estimate of drug-likeness (QED) is 0.671. The van der Waals surface area contributed by atoms with E-state index in [9.17, 15) is 4.79 Å². The Bertz CT molecular complexity index is 845. The Morgan fingerprint density at radius 3 is 3.09 bits per heavy atom. The van der Waals surface area contributed by atoms with Crippen molar-refractivity contribution in [2.24, 2.45) is 0 Å². The molecule has 0 saturated carbocycles. The van der Waals surface area contributed by atoms with Gasteiger partial charge in [0.2, 0.25) is 16.8 Å². The van der Waals surface area contributed by atoms with Crippen molar-refractivity contribution in [2.75, 3.05) is 12.4 Å². The number of fused-ring (bicyclic) bond motifs is 1. The lowest BCUT2D eigenvalue weighted by atomic mass is 10.2. The lowest BCUT2D eigenvalue weighted by Gasteiger charge is -2.05. The number of benzene rings is 1. The molecule has 8 heteroatoms. The molecule has 2 heterocycles. The number of alkyl halides is 1. The van der Waals surface area contributed by atoms with Crippen LogP contribution in [0.1, 0.15) is 13.3 Å². The molecular weight excluding hydrogens is 380 g/mol. The summed E-state index contributed by atoms with van der Waals surface area (Å²) in [4.78, 5) is 16.7. The van der Waals surface area contributed by atoms with Crippen molar-refractivity contribution in [1.29, 1.82) is 0 Å². The molecule has 0 bridgehead atoms. The number of carbonyl (C=O) groups excluding carboxylic acids is 1. The second kappa shape index (κ2) is 6.67. The van der Waals surface area contributed by atoms with Gasteiger partial charge in [0.05, 0.1) is 17.6 Å². The van der Waals surface area contributed by atoms with Crippen molar-refractivity contribution in [1.82, 2.24) is 14.6 Å². The van der Waals surface area contributed by atoms with E-state index in [0.29, 0.717) is 12.4 Å². The molecule has 0 saturated heterocycles. The molecule has 120 valence electrons. The zero-order chi connectivity index (χ0) is 16.4. The summed E-state index contributed by atoms with van der Waals surface area (Å²) in [6.07, 6.45) is 0.698. The number of aromatic nitrogens is 3. The van der Waals surface area contributed by atoms with E-state index < -0.39 is 0 Å². The number of ether oxygens (including phenoxy) is 1. The minimum absolute atomic E-state index is 0.145. The molecule has 2 aromatic heterocycles. The molecule has 1 amide bonds. The molecule has 0 aliphatic rings. The predicted molar refractivity (Wildman–Crippen MR) is 94.5 cm³/mol. The van der Waals surface area contributed by atoms with Gasteiger partial charge in [0, 0.05) is 10.9 Å². The van der Waals surface area contributed by atoms with Crippen LogP contribution >= 0.6 is 27.3 Å². The van der Waals surface area contributed by atoms with Crippen molar-refractivity contribution < 1.29 is 9.53 Å². The van der Waals surface area contributed by atoms with Crippen LogP contribution in [0.15, 0.2) is 29.6 Å². The molecule has 3 aromatic rings. The smallest absolute Gasteiger partial charge is 0.250 e. The Labute approximate surface area is 145 Å². The van der Waals surface area contributed by atoms with Gasteiger partial charge in [-0.1, -0.05) is 35.0 Å². The second-order valence-electron chi connectivity index (χ2n) is 4.85. The van der Waals surface area contributed by atoms with Crippen molar-refractivity contribution in [3.63, 3.8) is 0 Å². The highest BCUT2D eigenvalue weighted by molar-refractivity contribution is 9.10. The number of thiazole rings is 1. The molecular formula is C15H15BrN4O2S. The molecule has 0 fully saturated rings. The lowest BCUT2D eigenvalue weighted by Crippen LogP contribution is -2.22. The van der Waals surface area contributed by atoms with Crippen LogP contribution in [0.2, 0.25) is 0 Å². The monoisotopic (exact) mass is 394 g/mol. The number of halogens is 1. The first-order chi connectivity index (χ1) is 11.1. The fourth-order valence-corrected chi connectivity index (χ4v) is 3.03. The molecule has 1 atom stereocenters. The van der Waals surface area contributed by atoms with Gasteiger partial charge in [-0.3, -0.25) is 10.1 Å². The van der Waals surface area contributed by atoms with Gasteiger partial charge in [-0.2, -0.15) is 4.98 Å². The molecule has 3 rings (SSSR count). The van der Waals surface area contributed by atoms with Crippen molar-refractivity contribution >= 4 is 44.1 Å². The molecule has 6 nitrogen and oxygen atoms in total. The number of carbonyl (C=O) groups is 1. The zero-order valence-electron chi connectivity index (χ0n) is 12.6. The molecule has 0 radical (unpaired) electrons. The topological polar surface area (TPSA) is 68.5 Å². The molecule has 23 heavy (non-hydrogen) atoms. The van der Waals surface area contributed by atoms with E-state index in [1.54, 1.807) is 11.6 Å². The van der Waals surface area contributed by atoms with Crippen molar-refractivity contribution in [2.45, 2.75) is 18.2 Å². The number of anilines is 1. The van der Waals surface area contributed by atoms with Gasteiger partial charge in [0.1, 0.15) is 5.75 Å². The van der Waals surface area contributed by atoms with Crippen LogP contribution in [0.25, 0.3) is 16.2 Å². The van der Waals surface area contributed by atoms with E-state index >= 15 is 0 Å². The summed E-state index contributed by atoms with van der Waals surface area (Å²) in [5.74, 6) is 0.943. The number of amides is 1. The third-order valence-corrected chi connectivity index (χ3v) is 5.20. The Kier molecular flexibility index (Phi) is 4.63. The molecule has 0 spiro atoms. The number of rotatable bonds is 5. The molecule has 0 aliphatic heterocycles. The van der Waals surface area contributed by atoms with E-state index in [-0.39, 0.29) is 10.7 Å². The van der Waals surface area contributed by atoms with Crippen LogP contribution < -0.4 is 10.1 Å². The maximum Gasteiger partial charge on any atom is 0.250 e. The summed E-state index contributed by atoms with van der Waals surface area (Å²) in [7, 11) is 1.63. The summed E-state index contributed by atoms with van der Waals surface area (Å²) in [5.41, 5.74) is 1.88. The van der Waals surface area contributed by atoms with E-state index in [0.717, 1.165) is 22.0 Å². The largest absolute Gasteiger partial charge is 0.497 e. The highest BCUT2D eigenvalue weighted by atomic mass is 79.9. The van der Waals surface area contributed by atoms with E-state index in [2.05, 4.69) is 31.3 Å². The number of nitrogens with one attached hydrogen (secondary N) is 1. The Hall–Kier alpha value is -1.93. The van der Waals surface area contributed by atoms with Gasteiger partial charge >= 0.3 is 0 Å². The van der Waals surface area contributed by atoms with E-state index in [1.165, 1.54) is 11.3 Å². The van der Waals surface area contributed by atoms with E-state index in [1.807, 2.05) is 36.6 Å².